The van der Waals surface area contributed by atoms with E-state index in [1.54, 1.807) is 24.3 Å². The van der Waals surface area contributed by atoms with Gasteiger partial charge in [0, 0.05) is 68.9 Å². The number of carbonyl (C=O) groups is 6. The van der Waals surface area contributed by atoms with Crippen LogP contribution in [0.2, 0.25) is 0 Å². The van der Waals surface area contributed by atoms with Crippen LogP contribution in [0.5, 0.6) is 0 Å². The molecule has 352 valence electrons. The molecular weight excluding hydrogens is 867 g/mol. The quantitative estimate of drug-likeness (QED) is 0.0945. The summed E-state index contributed by atoms with van der Waals surface area (Å²) in [6.45, 7) is 2.85. The Morgan fingerprint density at radius 3 is 1.40 bits per heavy atom. The molecule has 5 aromatic rings. The Labute approximate surface area is 394 Å². The number of nitrogens with zero attached hydrogens (tertiary/aromatic N) is 2. The van der Waals surface area contributed by atoms with E-state index in [1.807, 2.05) is 67.6 Å². The van der Waals surface area contributed by atoms with E-state index in [0.29, 0.717) is 19.4 Å². The topological polar surface area (TPSA) is 157 Å². The first kappa shape index (κ1) is 47.3. The van der Waals surface area contributed by atoms with Crippen molar-refractivity contribution < 1.29 is 37.5 Å². The van der Waals surface area contributed by atoms with Gasteiger partial charge in [0.05, 0.1) is 23.7 Å². The minimum atomic E-state index is -0.866. The van der Waals surface area contributed by atoms with E-state index in [0.717, 1.165) is 28.7 Å². The lowest BCUT2D eigenvalue weighted by atomic mass is 9.93. The van der Waals surface area contributed by atoms with Crippen molar-refractivity contribution in [3.8, 4) is 0 Å². The summed E-state index contributed by atoms with van der Waals surface area (Å²) in [4.78, 5) is 86.2. The molecule has 2 heterocycles. The van der Waals surface area contributed by atoms with Gasteiger partial charge >= 0.3 is 0 Å². The number of rotatable bonds is 17. The second-order valence-corrected chi connectivity index (χ2v) is 18.2. The van der Waals surface area contributed by atoms with Crippen molar-refractivity contribution in [2.24, 2.45) is 23.7 Å². The van der Waals surface area contributed by atoms with E-state index < -0.39 is 41.4 Å². The Balaban J connectivity index is 0.918. The maximum Gasteiger partial charge on any atom is 0.253 e. The van der Waals surface area contributed by atoms with Gasteiger partial charge in [-0.25, -0.2) is 8.78 Å². The number of amides is 6. The van der Waals surface area contributed by atoms with Gasteiger partial charge < -0.3 is 31.1 Å². The average molecular weight is 923 g/mol. The van der Waals surface area contributed by atoms with Crippen molar-refractivity contribution >= 4 is 35.4 Å². The molecule has 2 saturated heterocycles. The lowest BCUT2D eigenvalue weighted by Gasteiger charge is -2.19. The van der Waals surface area contributed by atoms with Gasteiger partial charge in [0.15, 0.2) is 0 Å². The molecule has 3 aliphatic rings. The van der Waals surface area contributed by atoms with Gasteiger partial charge in [-0.05, 0) is 96.0 Å². The Kier molecular flexibility index (Phi) is 15.0. The zero-order valence-electron chi connectivity index (χ0n) is 37.9. The molecule has 0 unspecified atom stereocenters. The first-order chi connectivity index (χ1) is 32.9. The lowest BCUT2D eigenvalue weighted by molar-refractivity contribution is -0.133. The van der Waals surface area contributed by atoms with E-state index in [1.165, 1.54) is 58.3 Å². The summed E-state index contributed by atoms with van der Waals surface area (Å²) >= 11 is 0. The van der Waals surface area contributed by atoms with Gasteiger partial charge in [-0.15, -0.1) is 0 Å². The molecule has 12 nitrogen and oxygen atoms in total. The maximum absolute atomic E-state index is 14.1. The third-order valence-corrected chi connectivity index (χ3v) is 13.5. The Bertz CT molecular complexity index is 2510. The van der Waals surface area contributed by atoms with Crippen LogP contribution in [-0.2, 0) is 32.0 Å². The van der Waals surface area contributed by atoms with Gasteiger partial charge in [0.25, 0.3) is 11.8 Å². The van der Waals surface area contributed by atoms with Crippen LogP contribution >= 0.6 is 0 Å². The number of nitrogens with one attached hydrogen (secondary N) is 4. The Morgan fingerprint density at radius 2 is 0.941 bits per heavy atom. The first-order valence-electron chi connectivity index (χ1n) is 23.3. The summed E-state index contributed by atoms with van der Waals surface area (Å²) in [5, 5.41) is 12.0. The molecule has 3 fully saturated rings. The summed E-state index contributed by atoms with van der Waals surface area (Å²) in [6, 6.07) is 37.7. The van der Waals surface area contributed by atoms with Crippen LogP contribution in [0, 0.1) is 35.3 Å². The molecule has 2 aliphatic heterocycles. The molecule has 7 atom stereocenters. The van der Waals surface area contributed by atoms with Crippen molar-refractivity contribution in [1.29, 1.82) is 0 Å². The predicted molar refractivity (Wildman–Crippen MR) is 252 cm³/mol. The largest absolute Gasteiger partial charge is 0.355 e. The van der Waals surface area contributed by atoms with E-state index in [-0.39, 0.29) is 97.6 Å². The van der Waals surface area contributed by atoms with Gasteiger partial charge in [-0.1, -0.05) is 91.9 Å². The van der Waals surface area contributed by atoms with Crippen LogP contribution < -0.4 is 21.3 Å². The molecule has 4 N–H and O–H groups in total. The molecule has 6 amide bonds. The molecule has 1 aliphatic carbocycles. The van der Waals surface area contributed by atoms with E-state index in [9.17, 15) is 37.5 Å². The van der Waals surface area contributed by atoms with E-state index in [2.05, 4.69) is 21.3 Å². The third kappa shape index (κ3) is 11.7. The summed E-state index contributed by atoms with van der Waals surface area (Å²) in [5.41, 5.74) is 4.36. The van der Waals surface area contributed by atoms with Gasteiger partial charge in [-0.3, -0.25) is 28.8 Å². The number of benzene rings is 5. The molecule has 5 aromatic carbocycles. The molecule has 68 heavy (non-hydrogen) atoms. The molecule has 1 saturated carbocycles. The average Bonchev–Trinajstić information content (AvgIpc) is 3.74. The molecule has 0 aromatic heterocycles. The number of hydrogen-bond acceptors (Lipinski definition) is 6. The predicted octanol–water partition coefficient (Wildman–Crippen LogP) is 5.65. The van der Waals surface area contributed by atoms with Crippen LogP contribution in [0.1, 0.15) is 68.2 Å². The second kappa shape index (κ2) is 21.6. The third-order valence-electron chi connectivity index (χ3n) is 13.5. The summed E-state index contributed by atoms with van der Waals surface area (Å²) in [6.07, 6.45) is 1.66. The highest BCUT2D eigenvalue weighted by molar-refractivity contribution is 6.00. The molecule has 8 rings (SSSR count). The second-order valence-electron chi connectivity index (χ2n) is 18.2. The number of halogens is 2. The zero-order chi connectivity index (χ0) is 47.7. The monoisotopic (exact) mass is 922 g/mol. The van der Waals surface area contributed by atoms with Crippen LogP contribution in [0.25, 0.3) is 0 Å². The van der Waals surface area contributed by atoms with Crippen molar-refractivity contribution in [3.05, 3.63) is 178 Å². The number of hydrogen-bond donors (Lipinski definition) is 4. The highest BCUT2D eigenvalue weighted by Crippen LogP contribution is 2.41. The van der Waals surface area contributed by atoms with Crippen LogP contribution in [-0.4, -0.2) is 97.1 Å². The molecular formula is C54H56F2N6O6. The lowest BCUT2D eigenvalue weighted by Crippen LogP contribution is -2.43. The van der Waals surface area contributed by atoms with Crippen LogP contribution in [0.4, 0.5) is 8.78 Å². The standard InChI is InChI=1S/C54H56F2N6O6/c1-34(37-8-4-2-5-9-37)29-59-51(65)46-32-62(33-47(46)52(66)60-48-28-43(48)38-10-6-3-7-11-38)54(68)40-18-16-39(17-19-40)53(67)61-30-44(49(63)57-26-24-35-12-20-41(55)21-13-35)45(31-61)50(64)58-27-25-36-14-22-42(56)23-15-36/h2-23,34,43-48H,24-33H2,1H3,(H,57,63)(H,58,64)(H,59,65)(H,60,66)/t34-,43-,44+,45+,46-,47-,48+/m1/s1. The summed E-state index contributed by atoms with van der Waals surface area (Å²) in [5.74, 6) is -6.00. The van der Waals surface area contributed by atoms with Crippen molar-refractivity contribution in [3.63, 3.8) is 0 Å². The minimum absolute atomic E-state index is 0.0237. The van der Waals surface area contributed by atoms with Gasteiger partial charge in [0.1, 0.15) is 11.6 Å². The fourth-order valence-electron chi connectivity index (χ4n) is 9.34. The first-order valence-corrected chi connectivity index (χ1v) is 23.3. The fourth-order valence-corrected chi connectivity index (χ4v) is 9.34. The number of carbonyl (C=O) groups excluding carboxylic acids is 6. The molecule has 0 bridgehead atoms. The zero-order valence-corrected chi connectivity index (χ0v) is 37.9. The van der Waals surface area contributed by atoms with Crippen LogP contribution in [0.3, 0.4) is 0 Å². The van der Waals surface area contributed by atoms with Gasteiger partial charge in [-0.2, -0.15) is 0 Å². The Hall–Kier alpha value is -7.22. The van der Waals surface area contributed by atoms with Crippen molar-refractivity contribution in [1.82, 2.24) is 31.1 Å². The molecule has 14 heteroatoms. The highest BCUT2D eigenvalue weighted by Gasteiger charge is 2.47. The molecule has 0 spiro atoms. The highest BCUT2D eigenvalue weighted by atomic mass is 19.1. The fraction of sp³-hybridized carbons (Fsp3) is 0.333. The number of likely N-dealkylation sites (tertiary alicyclic amines) is 2. The smallest absolute Gasteiger partial charge is 0.253 e. The van der Waals surface area contributed by atoms with Crippen molar-refractivity contribution in [2.75, 3.05) is 45.8 Å². The van der Waals surface area contributed by atoms with E-state index >= 15 is 0 Å². The summed E-state index contributed by atoms with van der Waals surface area (Å²) in [7, 11) is 0. The summed E-state index contributed by atoms with van der Waals surface area (Å²) < 4.78 is 26.9. The van der Waals surface area contributed by atoms with Gasteiger partial charge in [0.2, 0.25) is 23.6 Å². The normalized spacial score (nSPS) is 21.1. The maximum atomic E-state index is 14.1. The molecule has 0 radical (unpaired) electrons. The van der Waals surface area contributed by atoms with E-state index in [4.69, 9.17) is 0 Å². The van der Waals surface area contributed by atoms with Crippen LogP contribution in [0.15, 0.2) is 133 Å². The van der Waals surface area contributed by atoms with Crippen molar-refractivity contribution in [2.45, 2.75) is 44.1 Å². The SMILES string of the molecule is C[C@H](CNC(=O)[C@@H]1CN(C(=O)c2ccc(C(=O)N3C[C@H](C(=O)NCCc4ccc(F)cc4)[C@@H](C(=O)NCCc4ccc(F)cc4)C3)cc2)C[C@H]1C(=O)N[C@H]1C[C@@H]1c1ccccc1)c1ccccc1. The minimum Gasteiger partial charge on any atom is -0.355 e. The Morgan fingerprint density at radius 1 is 0.529 bits per heavy atom.